The molecule has 0 aliphatic carbocycles. The third kappa shape index (κ3) is 3.78. The summed E-state index contributed by atoms with van der Waals surface area (Å²) in [6.07, 6.45) is 11.2. The van der Waals surface area contributed by atoms with Crippen LogP contribution >= 0.6 is 11.8 Å². The molecule has 4 heterocycles. The third-order valence-corrected chi connectivity index (χ3v) is 6.34. The number of thioether (sulfide) groups is 1. The number of hydrogen-bond acceptors (Lipinski definition) is 6. The van der Waals surface area contributed by atoms with E-state index in [9.17, 15) is 0 Å². The maximum Gasteiger partial charge on any atom is 0.233 e. The van der Waals surface area contributed by atoms with Gasteiger partial charge in [-0.15, -0.1) is 10.2 Å². The number of hydrogen-bond donors (Lipinski definition) is 0. The van der Waals surface area contributed by atoms with Gasteiger partial charge in [-0.3, -0.25) is 14.0 Å². The van der Waals surface area contributed by atoms with Gasteiger partial charge in [0.25, 0.3) is 0 Å². The van der Waals surface area contributed by atoms with E-state index in [0.717, 1.165) is 35.1 Å². The molecule has 0 amide bonds. The van der Waals surface area contributed by atoms with Crippen molar-refractivity contribution in [1.82, 2.24) is 34.1 Å². The van der Waals surface area contributed by atoms with E-state index in [4.69, 9.17) is 0 Å². The van der Waals surface area contributed by atoms with Gasteiger partial charge in [-0.1, -0.05) is 43.8 Å². The first-order valence-electron chi connectivity index (χ1n) is 10.7. The largest absolute Gasteiger partial charge is 0.291 e. The van der Waals surface area contributed by atoms with Crippen LogP contribution in [0.3, 0.4) is 0 Å². The number of imidazole rings is 1. The molecule has 5 rings (SSSR count). The molecule has 0 N–H and O–H groups in total. The Kier molecular flexibility index (Phi) is 5.68. The number of para-hydroxylation sites is 1. The van der Waals surface area contributed by atoms with Crippen molar-refractivity contribution in [2.75, 3.05) is 0 Å². The van der Waals surface area contributed by atoms with Crippen molar-refractivity contribution in [3.8, 4) is 17.1 Å². The predicted octanol–water partition coefficient (Wildman–Crippen LogP) is 4.79. The summed E-state index contributed by atoms with van der Waals surface area (Å²) in [5, 5.41) is 10.0. The minimum absolute atomic E-state index is 0.671. The molecule has 4 aromatic heterocycles. The van der Waals surface area contributed by atoms with Gasteiger partial charge in [0.2, 0.25) is 5.78 Å². The van der Waals surface area contributed by atoms with Crippen molar-refractivity contribution < 1.29 is 0 Å². The molecule has 32 heavy (non-hydrogen) atoms. The standard InChI is InChI=1S/C24H23N7S/c1-3-17-8-5-9-18(4-2)21(17)31-22(19-10-6-11-25-14-19)28-29-24(31)32-16-20-15-30-13-7-12-26-23(30)27-20/h5-15H,3-4,16H2,1-2H3. The Morgan fingerprint density at radius 3 is 2.50 bits per heavy atom. The summed E-state index contributed by atoms with van der Waals surface area (Å²) in [4.78, 5) is 13.2. The average molecular weight is 442 g/mol. The number of pyridine rings is 1. The Morgan fingerprint density at radius 2 is 1.78 bits per heavy atom. The summed E-state index contributed by atoms with van der Waals surface area (Å²) >= 11 is 1.63. The lowest BCUT2D eigenvalue weighted by Crippen LogP contribution is -2.07. The lowest BCUT2D eigenvalue weighted by molar-refractivity contribution is 0.857. The van der Waals surface area contributed by atoms with Crippen LogP contribution < -0.4 is 0 Å². The zero-order chi connectivity index (χ0) is 21.9. The van der Waals surface area contributed by atoms with Crippen molar-refractivity contribution in [2.24, 2.45) is 0 Å². The molecule has 0 fully saturated rings. The number of benzene rings is 1. The van der Waals surface area contributed by atoms with E-state index in [-0.39, 0.29) is 0 Å². The average Bonchev–Trinajstić information content (AvgIpc) is 3.46. The molecule has 0 saturated heterocycles. The van der Waals surface area contributed by atoms with E-state index < -0.39 is 0 Å². The van der Waals surface area contributed by atoms with Crippen molar-refractivity contribution >= 4 is 17.5 Å². The molecule has 8 heteroatoms. The molecular formula is C24H23N7S. The molecule has 0 radical (unpaired) electrons. The molecule has 0 spiro atoms. The summed E-state index contributed by atoms with van der Waals surface area (Å²) in [7, 11) is 0. The Labute approximate surface area is 190 Å². The smallest absolute Gasteiger partial charge is 0.233 e. The maximum absolute atomic E-state index is 4.63. The number of nitrogens with zero attached hydrogens (tertiary/aromatic N) is 7. The third-order valence-electron chi connectivity index (χ3n) is 5.38. The second kappa shape index (κ2) is 8.92. The number of rotatable bonds is 7. The Bertz CT molecular complexity index is 1300. The Balaban J connectivity index is 1.60. The second-order valence-electron chi connectivity index (χ2n) is 7.36. The Hall–Kier alpha value is -3.52. The molecule has 0 bridgehead atoms. The number of aryl methyl sites for hydroxylation is 2. The molecule has 0 aliphatic rings. The highest BCUT2D eigenvalue weighted by molar-refractivity contribution is 7.98. The SMILES string of the molecule is CCc1cccc(CC)c1-n1c(SCc2cn3cccnc3n2)nnc1-c1cccnc1. The molecule has 0 aliphatic heterocycles. The molecule has 0 atom stereocenters. The molecule has 0 saturated carbocycles. The topological polar surface area (TPSA) is 73.8 Å². The van der Waals surface area contributed by atoms with Crippen LogP contribution in [0.5, 0.6) is 0 Å². The van der Waals surface area contributed by atoms with Gasteiger partial charge < -0.3 is 0 Å². The van der Waals surface area contributed by atoms with Crippen molar-refractivity contribution in [3.63, 3.8) is 0 Å². The van der Waals surface area contributed by atoms with E-state index in [1.54, 1.807) is 24.2 Å². The van der Waals surface area contributed by atoms with Crippen LogP contribution in [0.1, 0.15) is 30.7 Å². The maximum atomic E-state index is 4.63. The highest BCUT2D eigenvalue weighted by Crippen LogP contribution is 2.33. The first-order chi connectivity index (χ1) is 15.8. The molecule has 5 aromatic rings. The zero-order valence-corrected chi connectivity index (χ0v) is 18.8. The predicted molar refractivity (Wildman–Crippen MR) is 126 cm³/mol. The van der Waals surface area contributed by atoms with Crippen LogP contribution in [0.15, 0.2) is 72.5 Å². The van der Waals surface area contributed by atoms with E-state index in [2.05, 4.69) is 61.8 Å². The van der Waals surface area contributed by atoms with Gasteiger partial charge in [0.1, 0.15) is 0 Å². The van der Waals surface area contributed by atoms with Crippen LogP contribution in [0.4, 0.5) is 0 Å². The highest BCUT2D eigenvalue weighted by Gasteiger charge is 2.21. The van der Waals surface area contributed by atoms with Crippen LogP contribution in [-0.4, -0.2) is 34.1 Å². The summed E-state index contributed by atoms with van der Waals surface area (Å²) in [6, 6.07) is 12.4. The van der Waals surface area contributed by atoms with Gasteiger partial charge in [0, 0.05) is 42.3 Å². The summed E-state index contributed by atoms with van der Waals surface area (Å²) in [5.74, 6) is 2.17. The first kappa shape index (κ1) is 20.4. The number of fused-ring (bicyclic) bond motifs is 1. The Morgan fingerprint density at radius 1 is 0.938 bits per heavy atom. The van der Waals surface area contributed by atoms with Gasteiger partial charge in [-0.05, 0) is 42.2 Å². The minimum atomic E-state index is 0.671. The van der Waals surface area contributed by atoms with Gasteiger partial charge in [0.15, 0.2) is 11.0 Å². The van der Waals surface area contributed by atoms with Crippen molar-refractivity contribution in [3.05, 3.63) is 84.2 Å². The van der Waals surface area contributed by atoms with E-state index in [0.29, 0.717) is 11.5 Å². The normalized spacial score (nSPS) is 11.3. The lowest BCUT2D eigenvalue weighted by Gasteiger charge is -2.17. The molecule has 160 valence electrons. The van der Waals surface area contributed by atoms with Gasteiger partial charge in [-0.25, -0.2) is 9.97 Å². The fourth-order valence-corrected chi connectivity index (χ4v) is 4.66. The molecule has 0 unspecified atom stereocenters. The van der Waals surface area contributed by atoms with Crippen molar-refractivity contribution in [1.29, 1.82) is 0 Å². The van der Waals surface area contributed by atoms with Gasteiger partial charge >= 0.3 is 0 Å². The molecular weight excluding hydrogens is 418 g/mol. The van der Waals surface area contributed by atoms with Crippen LogP contribution in [-0.2, 0) is 18.6 Å². The van der Waals surface area contributed by atoms with Crippen LogP contribution in [0, 0.1) is 0 Å². The van der Waals surface area contributed by atoms with E-state index >= 15 is 0 Å². The lowest BCUT2D eigenvalue weighted by atomic mass is 10.0. The quantitative estimate of drug-likeness (QED) is 0.338. The van der Waals surface area contributed by atoms with Crippen LogP contribution in [0.25, 0.3) is 22.9 Å². The first-order valence-corrected chi connectivity index (χ1v) is 11.7. The van der Waals surface area contributed by atoms with Gasteiger partial charge in [0.05, 0.1) is 11.4 Å². The summed E-state index contributed by atoms with van der Waals surface area (Å²) < 4.78 is 4.12. The molecule has 1 aromatic carbocycles. The second-order valence-corrected chi connectivity index (χ2v) is 8.31. The fourth-order valence-electron chi connectivity index (χ4n) is 3.84. The van der Waals surface area contributed by atoms with E-state index in [1.165, 1.54) is 16.8 Å². The zero-order valence-electron chi connectivity index (χ0n) is 18.0. The minimum Gasteiger partial charge on any atom is -0.291 e. The summed E-state index contributed by atoms with van der Waals surface area (Å²) in [6.45, 7) is 4.37. The number of aromatic nitrogens is 7. The van der Waals surface area contributed by atoms with Gasteiger partial charge in [-0.2, -0.15) is 0 Å². The summed E-state index contributed by atoms with van der Waals surface area (Å²) in [5.41, 5.74) is 5.60. The fraction of sp³-hybridized carbons (Fsp3) is 0.208. The van der Waals surface area contributed by atoms with Crippen LogP contribution in [0.2, 0.25) is 0 Å². The monoisotopic (exact) mass is 441 g/mol. The highest BCUT2D eigenvalue weighted by atomic mass is 32.2. The molecule has 7 nitrogen and oxygen atoms in total. The van der Waals surface area contributed by atoms with Crippen molar-refractivity contribution in [2.45, 2.75) is 37.6 Å². The van der Waals surface area contributed by atoms with E-state index in [1.807, 2.05) is 41.2 Å².